The highest BCUT2D eigenvalue weighted by atomic mass is 32.2. The van der Waals surface area contributed by atoms with Gasteiger partial charge in [-0.25, -0.2) is 22.9 Å². The number of pyridine rings is 1. The van der Waals surface area contributed by atoms with Gasteiger partial charge in [-0.1, -0.05) is 11.6 Å². The molecule has 11 heteroatoms. The highest BCUT2D eigenvalue weighted by Crippen LogP contribution is 2.30. The average molecular weight is 366 g/mol. The van der Waals surface area contributed by atoms with E-state index in [0.29, 0.717) is 29.9 Å². The Bertz CT molecular complexity index is 919. The van der Waals surface area contributed by atoms with E-state index in [9.17, 15) is 13.2 Å². The molecule has 1 saturated carbocycles. The number of carbonyl (C=O) groups is 1. The van der Waals surface area contributed by atoms with Crippen LogP contribution in [-0.4, -0.2) is 44.8 Å². The summed E-state index contributed by atoms with van der Waals surface area (Å²) < 4.78 is 28.3. The SMILES string of the molecule is Cc1nc(-c2nnn(C)c2NC(=O)O)ccc1NS(=O)(=O)C1CCC1. The summed E-state index contributed by atoms with van der Waals surface area (Å²) in [7, 11) is -1.86. The van der Waals surface area contributed by atoms with Crippen LogP contribution in [0.2, 0.25) is 0 Å². The molecule has 0 atom stereocenters. The van der Waals surface area contributed by atoms with Crippen molar-refractivity contribution in [1.82, 2.24) is 20.0 Å². The van der Waals surface area contributed by atoms with E-state index in [1.54, 1.807) is 26.1 Å². The third-order valence-electron chi connectivity index (χ3n) is 4.12. The van der Waals surface area contributed by atoms with Gasteiger partial charge < -0.3 is 5.11 Å². The maximum atomic E-state index is 12.2. The zero-order valence-electron chi connectivity index (χ0n) is 13.7. The third-order valence-corrected chi connectivity index (χ3v) is 5.98. The van der Waals surface area contributed by atoms with Crippen molar-refractivity contribution < 1.29 is 18.3 Å². The number of nitrogens with zero attached hydrogens (tertiary/aromatic N) is 4. The molecule has 134 valence electrons. The molecule has 2 aromatic heterocycles. The van der Waals surface area contributed by atoms with E-state index in [1.807, 2.05) is 0 Å². The van der Waals surface area contributed by atoms with Crippen molar-refractivity contribution in [2.24, 2.45) is 7.05 Å². The lowest BCUT2D eigenvalue weighted by molar-refractivity contribution is 0.209. The average Bonchev–Trinajstić information content (AvgIpc) is 2.79. The zero-order chi connectivity index (χ0) is 18.2. The first kappa shape index (κ1) is 17.1. The minimum atomic E-state index is -3.41. The monoisotopic (exact) mass is 366 g/mol. The fourth-order valence-corrected chi connectivity index (χ4v) is 4.13. The number of hydrogen-bond donors (Lipinski definition) is 3. The van der Waals surface area contributed by atoms with E-state index in [-0.39, 0.29) is 16.8 Å². The summed E-state index contributed by atoms with van der Waals surface area (Å²) in [6, 6.07) is 3.16. The van der Waals surface area contributed by atoms with Gasteiger partial charge in [0.05, 0.1) is 22.3 Å². The van der Waals surface area contributed by atoms with E-state index < -0.39 is 16.1 Å². The van der Waals surface area contributed by atoms with Gasteiger partial charge in [0.1, 0.15) is 0 Å². The van der Waals surface area contributed by atoms with Crippen molar-refractivity contribution >= 4 is 27.6 Å². The Kier molecular flexibility index (Phi) is 4.33. The Balaban J connectivity index is 1.89. The van der Waals surface area contributed by atoms with Crippen LogP contribution in [0.25, 0.3) is 11.4 Å². The Morgan fingerprint density at radius 3 is 2.64 bits per heavy atom. The van der Waals surface area contributed by atoms with E-state index in [0.717, 1.165) is 6.42 Å². The summed E-state index contributed by atoms with van der Waals surface area (Å²) in [5, 5.41) is 18.5. The fraction of sp³-hybridized carbons (Fsp3) is 0.429. The molecule has 0 bridgehead atoms. The number of hydrogen-bond acceptors (Lipinski definition) is 6. The van der Waals surface area contributed by atoms with Crippen LogP contribution >= 0.6 is 0 Å². The number of carboxylic acid groups (broad SMARTS) is 1. The van der Waals surface area contributed by atoms with Crippen molar-refractivity contribution in [3.63, 3.8) is 0 Å². The maximum Gasteiger partial charge on any atom is 0.410 e. The normalized spacial score (nSPS) is 14.8. The molecule has 3 N–H and O–H groups in total. The highest BCUT2D eigenvalue weighted by molar-refractivity contribution is 7.93. The van der Waals surface area contributed by atoms with Gasteiger partial charge in [-0.3, -0.25) is 10.0 Å². The molecule has 0 aromatic carbocycles. The molecule has 25 heavy (non-hydrogen) atoms. The first-order chi connectivity index (χ1) is 11.8. The molecule has 0 aliphatic heterocycles. The van der Waals surface area contributed by atoms with Gasteiger partial charge in [0, 0.05) is 7.05 Å². The summed E-state index contributed by atoms with van der Waals surface area (Å²) in [5.41, 5.74) is 1.52. The Hall–Kier alpha value is -2.69. The van der Waals surface area contributed by atoms with Crippen LogP contribution in [0, 0.1) is 6.92 Å². The molecular weight excluding hydrogens is 348 g/mol. The molecule has 1 aliphatic rings. The molecule has 1 fully saturated rings. The molecule has 2 aromatic rings. The Morgan fingerprint density at radius 1 is 1.36 bits per heavy atom. The maximum absolute atomic E-state index is 12.2. The largest absolute Gasteiger partial charge is 0.465 e. The van der Waals surface area contributed by atoms with Crippen molar-refractivity contribution in [3.8, 4) is 11.4 Å². The highest BCUT2D eigenvalue weighted by Gasteiger charge is 2.31. The topological polar surface area (TPSA) is 139 Å². The van der Waals surface area contributed by atoms with Crippen molar-refractivity contribution in [2.45, 2.75) is 31.4 Å². The first-order valence-corrected chi connectivity index (χ1v) is 9.22. The number of aryl methyl sites for hydroxylation is 2. The van der Waals surface area contributed by atoms with Crippen LogP contribution < -0.4 is 10.0 Å². The summed E-state index contributed by atoms with van der Waals surface area (Å²) in [5.74, 6) is 0.183. The second-order valence-corrected chi connectivity index (χ2v) is 7.83. The molecule has 3 rings (SSSR count). The Labute approximate surface area is 144 Å². The number of aromatic nitrogens is 4. The number of rotatable bonds is 5. The number of anilines is 2. The van der Waals surface area contributed by atoms with Crippen LogP contribution in [0.1, 0.15) is 25.0 Å². The summed E-state index contributed by atoms with van der Waals surface area (Å²) >= 11 is 0. The second kappa shape index (κ2) is 6.31. The smallest absolute Gasteiger partial charge is 0.410 e. The lowest BCUT2D eigenvalue weighted by atomic mass is 10.0. The molecular formula is C14H18N6O4S. The van der Waals surface area contributed by atoms with Gasteiger partial charge in [0.2, 0.25) is 10.0 Å². The molecule has 1 amide bonds. The molecule has 10 nitrogen and oxygen atoms in total. The van der Waals surface area contributed by atoms with Crippen LogP contribution in [0.5, 0.6) is 0 Å². The molecule has 0 unspecified atom stereocenters. The Morgan fingerprint density at radius 2 is 2.08 bits per heavy atom. The first-order valence-electron chi connectivity index (χ1n) is 7.67. The predicted molar refractivity (Wildman–Crippen MR) is 90.8 cm³/mol. The van der Waals surface area contributed by atoms with Gasteiger partial charge in [-0.15, -0.1) is 5.10 Å². The second-order valence-electron chi connectivity index (χ2n) is 5.87. The summed E-state index contributed by atoms with van der Waals surface area (Å²) in [6.07, 6.45) is 1.02. The minimum absolute atomic E-state index is 0.183. The summed E-state index contributed by atoms with van der Waals surface area (Å²) in [6.45, 7) is 1.67. The van der Waals surface area contributed by atoms with Crippen molar-refractivity contribution in [1.29, 1.82) is 0 Å². The van der Waals surface area contributed by atoms with E-state index in [2.05, 4.69) is 25.3 Å². The standard InChI is InChI=1S/C14H18N6O4S/c1-8-10(18-25(23,24)9-4-3-5-9)6-7-11(15-8)12-13(16-14(21)22)20(2)19-17-12/h6-7,9,16,18H,3-5H2,1-2H3,(H,21,22). The van der Waals surface area contributed by atoms with E-state index in [1.165, 1.54) is 4.68 Å². The van der Waals surface area contributed by atoms with Gasteiger partial charge in [-0.2, -0.15) is 0 Å². The van der Waals surface area contributed by atoms with Gasteiger partial charge in [-0.05, 0) is 31.9 Å². The lowest BCUT2D eigenvalue weighted by Crippen LogP contribution is -2.33. The molecule has 0 spiro atoms. The number of amides is 1. The lowest BCUT2D eigenvalue weighted by Gasteiger charge is -2.25. The number of sulfonamides is 1. The van der Waals surface area contributed by atoms with Gasteiger partial charge in [0.15, 0.2) is 11.5 Å². The van der Waals surface area contributed by atoms with Crippen molar-refractivity contribution in [3.05, 3.63) is 17.8 Å². The zero-order valence-corrected chi connectivity index (χ0v) is 14.5. The third kappa shape index (κ3) is 3.40. The fourth-order valence-electron chi connectivity index (χ4n) is 2.49. The molecule has 0 saturated heterocycles. The van der Waals surface area contributed by atoms with Crippen LogP contribution in [0.3, 0.4) is 0 Å². The van der Waals surface area contributed by atoms with Crippen LogP contribution in [0.15, 0.2) is 12.1 Å². The van der Waals surface area contributed by atoms with E-state index in [4.69, 9.17) is 5.11 Å². The molecule has 1 aliphatic carbocycles. The van der Waals surface area contributed by atoms with Gasteiger partial charge in [0.25, 0.3) is 0 Å². The van der Waals surface area contributed by atoms with E-state index >= 15 is 0 Å². The number of nitrogens with one attached hydrogen (secondary N) is 2. The van der Waals surface area contributed by atoms with Crippen molar-refractivity contribution in [2.75, 3.05) is 10.0 Å². The predicted octanol–water partition coefficient (Wildman–Crippen LogP) is 1.57. The van der Waals surface area contributed by atoms with Crippen LogP contribution in [-0.2, 0) is 17.1 Å². The quantitative estimate of drug-likeness (QED) is 0.730. The van der Waals surface area contributed by atoms with Gasteiger partial charge >= 0.3 is 6.09 Å². The molecule has 0 radical (unpaired) electrons. The minimum Gasteiger partial charge on any atom is -0.465 e. The van der Waals surface area contributed by atoms with Crippen LogP contribution in [0.4, 0.5) is 16.3 Å². The molecule has 2 heterocycles. The summed E-state index contributed by atoms with van der Waals surface area (Å²) in [4.78, 5) is 15.2.